The molecule has 2 rings (SSSR count). The van der Waals surface area contributed by atoms with Gasteiger partial charge in [0.05, 0.1) is 18.8 Å². The van der Waals surface area contributed by atoms with Crippen LogP contribution >= 0.6 is 0 Å². The summed E-state index contributed by atoms with van der Waals surface area (Å²) in [6, 6.07) is 0. The lowest BCUT2D eigenvalue weighted by Gasteiger charge is -2.32. The molecule has 0 saturated carbocycles. The molecule has 1 N–H and O–H groups in total. The van der Waals surface area contributed by atoms with Crippen LogP contribution in [0.1, 0.15) is 40.0 Å². The number of carbonyl (C=O) groups excluding carboxylic acids is 1. The van der Waals surface area contributed by atoms with Crippen LogP contribution in [0.3, 0.4) is 0 Å². The second-order valence-electron chi connectivity index (χ2n) is 5.70. The van der Waals surface area contributed by atoms with Gasteiger partial charge in [0.2, 0.25) is 5.79 Å². The van der Waals surface area contributed by atoms with Gasteiger partial charge in [0, 0.05) is 19.8 Å². The summed E-state index contributed by atoms with van der Waals surface area (Å²) < 4.78 is 16.0. The first-order chi connectivity index (χ1) is 8.91. The number of allylic oxidation sites excluding steroid dienone is 1. The van der Waals surface area contributed by atoms with Gasteiger partial charge in [-0.1, -0.05) is 13.3 Å². The van der Waals surface area contributed by atoms with Crippen LogP contribution in [0, 0.1) is 5.92 Å². The van der Waals surface area contributed by atoms with Crippen molar-refractivity contribution in [3.05, 3.63) is 11.8 Å². The molecule has 0 aliphatic carbocycles. The summed E-state index contributed by atoms with van der Waals surface area (Å²) in [6.45, 7) is 5.61. The Balaban J connectivity index is 1.76. The number of esters is 1. The topological polar surface area (TPSA) is 68.3 Å². The van der Waals surface area contributed by atoms with Gasteiger partial charge in [0.1, 0.15) is 11.9 Å². The Morgan fingerprint density at radius 1 is 1.37 bits per heavy atom. The lowest BCUT2D eigenvalue weighted by molar-refractivity contribution is -0.208. The number of rotatable bonds is 6. The highest BCUT2D eigenvalue weighted by atomic mass is 16.7. The van der Waals surface area contributed by atoms with Crippen LogP contribution in [-0.2, 0) is 19.0 Å². The van der Waals surface area contributed by atoms with Gasteiger partial charge in [0.25, 0.3) is 0 Å². The van der Waals surface area contributed by atoms with Gasteiger partial charge in [-0.15, -0.1) is 0 Å². The third-order valence-electron chi connectivity index (χ3n) is 3.45. The Labute approximate surface area is 113 Å². The SMILES string of the molecule is C[C@H](CCC[C@@H]1O[C@H]1CO)C1=CC(=O)OC(C)(C)O1. The fourth-order valence-electron chi connectivity index (χ4n) is 2.33. The summed E-state index contributed by atoms with van der Waals surface area (Å²) in [6.07, 6.45) is 4.52. The average Bonchev–Trinajstić information content (AvgIpc) is 3.05. The summed E-state index contributed by atoms with van der Waals surface area (Å²) in [5, 5.41) is 8.87. The molecular formula is C14H22O5. The number of cyclic esters (lactones) is 1. The number of hydrogen-bond acceptors (Lipinski definition) is 5. The highest BCUT2D eigenvalue weighted by molar-refractivity contribution is 5.83. The minimum Gasteiger partial charge on any atom is -0.457 e. The molecule has 0 bridgehead atoms. The predicted molar refractivity (Wildman–Crippen MR) is 68.1 cm³/mol. The highest BCUT2D eigenvalue weighted by Gasteiger charge is 2.37. The van der Waals surface area contributed by atoms with Gasteiger partial charge >= 0.3 is 5.97 Å². The maximum atomic E-state index is 11.4. The van der Waals surface area contributed by atoms with Crippen molar-refractivity contribution in [1.29, 1.82) is 0 Å². The van der Waals surface area contributed by atoms with Crippen molar-refractivity contribution >= 4 is 5.97 Å². The maximum absolute atomic E-state index is 11.4. The van der Waals surface area contributed by atoms with E-state index in [2.05, 4.69) is 0 Å². The van der Waals surface area contributed by atoms with Crippen LogP contribution in [0.4, 0.5) is 0 Å². The normalized spacial score (nSPS) is 30.1. The zero-order chi connectivity index (χ0) is 14.0. The first-order valence-corrected chi connectivity index (χ1v) is 6.81. The third kappa shape index (κ3) is 3.94. The number of aliphatic hydroxyl groups excluding tert-OH is 1. The second-order valence-corrected chi connectivity index (χ2v) is 5.70. The van der Waals surface area contributed by atoms with E-state index in [1.165, 1.54) is 6.08 Å². The fraction of sp³-hybridized carbons (Fsp3) is 0.786. The van der Waals surface area contributed by atoms with Crippen molar-refractivity contribution in [1.82, 2.24) is 0 Å². The number of hydrogen-bond donors (Lipinski definition) is 1. The minimum absolute atomic E-state index is 0.0364. The monoisotopic (exact) mass is 270 g/mol. The van der Waals surface area contributed by atoms with Crippen molar-refractivity contribution in [3.63, 3.8) is 0 Å². The molecule has 19 heavy (non-hydrogen) atoms. The van der Waals surface area contributed by atoms with Crippen LogP contribution < -0.4 is 0 Å². The van der Waals surface area contributed by atoms with E-state index in [0.29, 0.717) is 5.76 Å². The van der Waals surface area contributed by atoms with Gasteiger partial charge in [0.15, 0.2) is 0 Å². The molecule has 2 aliphatic heterocycles. The van der Waals surface area contributed by atoms with E-state index in [4.69, 9.17) is 19.3 Å². The Kier molecular flexibility index (Phi) is 4.16. The van der Waals surface area contributed by atoms with Crippen LogP contribution in [0.25, 0.3) is 0 Å². The number of carbonyl (C=O) groups is 1. The molecule has 1 fully saturated rings. The molecule has 3 atom stereocenters. The standard InChI is InChI=1S/C14H22O5/c1-9(5-4-6-10-12(8-15)17-10)11-7-13(16)19-14(2,3)18-11/h7,9-10,12,15H,4-6,8H2,1-3H3/t9-,10+,12+/m1/s1. The van der Waals surface area contributed by atoms with Gasteiger partial charge in [-0.3, -0.25) is 0 Å². The first kappa shape index (κ1) is 14.3. The molecule has 0 aromatic carbocycles. The zero-order valence-electron chi connectivity index (χ0n) is 11.7. The van der Waals surface area contributed by atoms with E-state index in [9.17, 15) is 4.79 Å². The lowest BCUT2D eigenvalue weighted by atomic mass is 9.99. The number of ether oxygens (including phenoxy) is 3. The molecule has 108 valence electrons. The van der Waals surface area contributed by atoms with Gasteiger partial charge in [-0.05, 0) is 12.8 Å². The summed E-state index contributed by atoms with van der Waals surface area (Å²) in [5.74, 6) is -0.351. The van der Waals surface area contributed by atoms with Crippen molar-refractivity contribution < 1.29 is 24.1 Å². The molecule has 2 aliphatic rings. The zero-order valence-corrected chi connectivity index (χ0v) is 11.7. The van der Waals surface area contributed by atoms with E-state index < -0.39 is 5.79 Å². The second kappa shape index (κ2) is 5.51. The third-order valence-corrected chi connectivity index (χ3v) is 3.45. The van der Waals surface area contributed by atoms with E-state index in [1.807, 2.05) is 6.92 Å². The molecule has 5 heteroatoms. The predicted octanol–water partition coefficient (Wildman–Crippen LogP) is 1.75. The summed E-state index contributed by atoms with van der Waals surface area (Å²) in [5.41, 5.74) is 0. The van der Waals surface area contributed by atoms with E-state index in [0.717, 1.165) is 19.3 Å². The maximum Gasteiger partial charge on any atom is 0.337 e. The molecule has 0 radical (unpaired) electrons. The van der Waals surface area contributed by atoms with Crippen LogP contribution in [0.5, 0.6) is 0 Å². The van der Waals surface area contributed by atoms with E-state index in [1.54, 1.807) is 13.8 Å². The molecule has 0 spiro atoms. The average molecular weight is 270 g/mol. The Morgan fingerprint density at radius 3 is 2.68 bits per heavy atom. The molecular weight excluding hydrogens is 248 g/mol. The summed E-state index contributed by atoms with van der Waals surface area (Å²) in [7, 11) is 0. The van der Waals surface area contributed by atoms with Crippen LogP contribution in [0.2, 0.25) is 0 Å². The largest absolute Gasteiger partial charge is 0.457 e. The van der Waals surface area contributed by atoms with Crippen molar-refractivity contribution in [2.75, 3.05) is 6.61 Å². The number of aliphatic hydroxyl groups is 1. The number of epoxide rings is 1. The molecule has 0 unspecified atom stereocenters. The first-order valence-electron chi connectivity index (χ1n) is 6.81. The van der Waals surface area contributed by atoms with Gasteiger partial charge in [-0.2, -0.15) is 0 Å². The van der Waals surface area contributed by atoms with E-state index in [-0.39, 0.29) is 30.7 Å². The molecule has 2 heterocycles. The quantitative estimate of drug-likeness (QED) is 0.588. The molecule has 0 amide bonds. The summed E-state index contributed by atoms with van der Waals surface area (Å²) >= 11 is 0. The van der Waals surface area contributed by atoms with Crippen LogP contribution in [-0.4, -0.2) is 35.7 Å². The van der Waals surface area contributed by atoms with Gasteiger partial charge < -0.3 is 19.3 Å². The smallest absolute Gasteiger partial charge is 0.337 e. The van der Waals surface area contributed by atoms with Gasteiger partial charge in [-0.25, -0.2) is 4.79 Å². The van der Waals surface area contributed by atoms with E-state index >= 15 is 0 Å². The molecule has 1 saturated heterocycles. The molecule has 5 nitrogen and oxygen atoms in total. The van der Waals surface area contributed by atoms with Crippen molar-refractivity contribution in [2.24, 2.45) is 5.92 Å². The van der Waals surface area contributed by atoms with Crippen molar-refractivity contribution in [3.8, 4) is 0 Å². The Morgan fingerprint density at radius 2 is 2.11 bits per heavy atom. The minimum atomic E-state index is -0.878. The lowest BCUT2D eigenvalue weighted by Crippen LogP contribution is -2.35. The highest BCUT2D eigenvalue weighted by Crippen LogP contribution is 2.31. The Hall–Kier alpha value is -1.07. The summed E-state index contributed by atoms with van der Waals surface area (Å²) in [4.78, 5) is 11.4. The fourth-order valence-corrected chi connectivity index (χ4v) is 2.33. The van der Waals surface area contributed by atoms with Crippen LogP contribution in [0.15, 0.2) is 11.8 Å². The Bertz CT molecular complexity index is 374. The van der Waals surface area contributed by atoms with Crippen molar-refractivity contribution in [2.45, 2.75) is 58.0 Å². The molecule has 0 aromatic rings. The molecule has 0 aromatic heterocycles.